The van der Waals surface area contributed by atoms with Gasteiger partial charge in [-0.1, -0.05) is 104 Å². The molecule has 0 radical (unpaired) electrons. The monoisotopic (exact) mass is 398 g/mol. The summed E-state index contributed by atoms with van der Waals surface area (Å²) >= 11 is 0. The Labute approximate surface area is 174 Å². The molecule has 0 unspecified atom stereocenters. The largest absolute Gasteiger partial charge is 0.466 e. The Morgan fingerprint density at radius 2 is 0.750 bits per heavy atom. The molecule has 0 saturated carbocycles. The molecular weight excluding hydrogens is 352 g/mol. The molecule has 0 N–H and O–H groups in total. The molecule has 0 aliphatic heterocycles. The van der Waals surface area contributed by atoms with Gasteiger partial charge in [0, 0.05) is 0 Å². The Hall–Kier alpha value is -1.06. The van der Waals surface area contributed by atoms with E-state index in [4.69, 9.17) is 9.47 Å². The molecule has 0 amide bonds. The van der Waals surface area contributed by atoms with Crippen LogP contribution in [0.2, 0.25) is 0 Å². The summed E-state index contributed by atoms with van der Waals surface area (Å²) in [4.78, 5) is 23.3. The Morgan fingerprint density at radius 3 is 1.07 bits per heavy atom. The summed E-state index contributed by atoms with van der Waals surface area (Å²) in [6.45, 7) is 5.39. The fourth-order valence-electron chi connectivity index (χ4n) is 3.19. The fourth-order valence-corrected chi connectivity index (χ4v) is 3.19. The number of rotatable bonds is 21. The molecule has 0 fully saturated rings. The summed E-state index contributed by atoms with van der Waals surface area (Å²) in [6.07, 6.45) is 19.9. The van der Waals surface area contributed by atoms with Crippen molar-refractivity contribution in [1.29, 1.82) is 0 Å². The van der Waals surface area contributed by atoms with Crippen LogP contribution in [0.15, 0.2) is 0 Å². The van der Waals surface area contributed by atoms with Crippen LogP contribution in [-0.4, -0.2) is 25.2 Å². The Kier molecular flexibility index (Phi) is 21.4. The molecule has 0 aromatic carbocycles. The van der Waals surface area contributed by atoms with Gasteiger partial charge in [0.15, 0.2) is 0 Å². The van der Waals surface area contributed by atoms with Crippen molar-refractivity contribution in [3.8, 4) is 0 Å². The molecule has 0 atom stereocenters. The zero-order chi connectivity index (χ0) is 20.7. The molecule has 0 aromatic heterocycles. The number of carbonyl (C=O) groups is 2. The van der Waals surface area contributed by atoms with Crippen LogP contribution in [0.4, 0.5) is 0 Å². The number of esters is 2. The molecule has 0 aromatic rings. The predicted octanol–water partition coefficient (Wildman–Crippen LogP) is 7.13. The first-order valence-electron chi connectivity index (χ1n) is 12.0. The summed E-state index contributed by atoms with van der Waals surface area (Å²) in [5.74, 6) is -0.572. The quantitative estimate of drug-likeness (QED) is 0.152. The molecule has 28 heavy (non-hydrogen) atoms. The van der Waals surface area contributed by atoms with E-state index in [-0.39, 0.29) is 24.8 Å². The van der Waals surface area contributed by atoms with Crippen LogP contribution in [0.3, 0.4) is 0 Å². The maximum Gasteiger partial charge on any atom is 0.306 e. The molecule has 0 saturated heterocycles. The minimum absolute atomic E-state index is 0.132. The normalized spacial score (nSPS) is 10.8. The van der Waals surface area contributed by atoms with Gasteiger partial charge >= 0.3 is 11.9 Å². The van der Waals surface area contributed by atoms with Crippen molar-refractivity contribution in [3.05, 3.63) is 0 Å². The van der Waals surface area contributed by atoms with E-state index < -0.39 is 0 Å². The zero-order valence-electron chi connectivity index (χ0n) is 18.8. The van der Waals surface area contributed by atoms with Crippen molar-refractivity contribution in [3.63, 3.8) is 0 Å². The van der Waals surface area contributed by atoms with E-state index in [1.165, 1.54) is 77.0 Å². The van der Waals surface area contributed by atoms with Crippen LogP contribution >= 0.6 is 0 Å². The van der Waals surface area contributed by atoms with Crippen molar-refractivity contribution in [2.75, 3.05) is 13.2 Å². The summed E-state index contributed by atoms with van der Waals surface area (Å²) in [5.41, 5.74) is 0. The lowest BCUT2D eigenvalue weighted by Gasteiger charge is -2.06. The highest BCUT2D eigenvalue weighted by molar-refractivity contribution is 5.77. The number of ether oxygens (including phenoxy) is 2. The van der Waals surface area contributed by atoms with Crippen molar-refractivity contribution in [2.45, 2.75) is 129 Å². The molecule has 4 heteroatoms. The lowest BCUT2D eigenvalue weighted by molar-refractivity contribution is -0.150. The number of unbranched alkanes of at least 4 members (excludes halogenated alkanes) is 14. The minimum atomic E-state index is -0.288. The topological polar surface area (TPSA) is 52.6 Å². The van der Waals surface area contributed by atoms with Gasteiger partial charge in [-0.05, 0) is 12.8 Å². The molecule has 0 spiro atoms. The maximum absolute atomic E-state index is 11.7. The second kappa shape index (κ2) is 22.2. The third-order valence-electron chi connectivity index (χ3n) is 5.06. The summed E-state index contributed by atoms with van der Waals surface area (Å²) in [6, 6.07) is 0. The van der Waals surface area contributed by atoms with Gasteiger partial charge in [-0.2, -0.15) is 0 Å². The number of hydrogen-bond acceptors (Lipinski definition) is 4. The van der Waals surface area contributed by atoms with Crippen LogP contribution in [-0.2, 0) is 19.1 Å². The molecule has 0 aliphatic carbocycles. The van der Waals surface area contributed by atoms with Crippen LogP contribution in [0.1, 0.15) is 129 Å². The molecule has 4 nitrogen and oxygen atoms in total. The van der Waals surface area contributed by atoms with Gasteiger partial charge in [-0.25, -0.2) is 0 Å². The van der Waals surface area contributed by atoms with E-state index in [1.54, 1.807) is 0 Å². The van der Waals surface area contributed by atoms with E-state index in [2.05, 4.69) is 13.8 Å². The van der Waals surface area contributed by atoms with Crippen molar-refractivity contribution in [1.82, 2.24) is 0 Å². The average Bonchev–Trinajstić information content (AvgIpc) is 2.69. The van der Waals surface area contributed by atoms with Gasteiger partial charge in [0.1, 0.15) is 0 Å². The Balaban J connectivity index is 3.30. The fraction of sp³-hybridized carbons (Fsp3) is 0.917. The molecular formula is C24H46O4. The van der Waals surface area contributed by atoms with Crippen molar-refractivity contribution in [2.24, 2.45) is 0 Å². The van der Waals surface area contributed by atoms with Gasteiger partial charge in [0.05, 0.1) is 26.1 Å². The Morgan fingerprint density at radius 1 is 0.464 bits per heavy atom. The summed E-state index contributed by atoms with van der Waals surface area (Å²) in [7, 11) is 0. The van der Waals surface area contributed by atoms with Gasteiger partial charge in [-0.3, -0.25) is 9.59 Å². The van der Waals surface area contributed by atoms with E-state index in [0.29, 0.717) is 13.2 Å². The van der Waals surface area contributed by atoms with Crippen LogP contribution in [0.5, 0.6) is 0 Å². The third-order valence-corrected chi connectivity index (χ3v) is 5.06. The summed E-state index contributed by atoms with van der Waals surface area (Å²) in [5, 5.41) is 0. The van der Waals surface area contributed by atoms with Gasteiger partial charge in [-0.15, -0.1) is 0 Å². The smallest absolute Gasteiger partial charge is 0.306 e. The number of hydrogen-bond donors (Lipinski definition) is 0. The lowest BCUT2D eigenvalue weighted by Crippen LogP contribution is -2.11. The minimum Gasteiger partial charge on any atom is -0.466 e. The van der Waals surface area contributed by atoms with Crippen LogP contribution in [0.25, 0.3) is 0 Å². The highest BCUT2D eigenvalue weighted by atomic mass is 16.5. The first-order valence-corrected chi connectivity index (χ1v) is 12.0. The van der Waals surface area contributed by atoms with Gasteiger partial charge < -0.3 is 9.47 Å². The van der Waals surface area contributed by atoms with Crippen LogP contribution < -0.4 is 0 Å². The molecule has 0 rings (SSSR count). The van der Waals surface area contributed by atoms with E-state index in [1.807, 2.05) is 0 Å². The second-order valence-electron chi connectivity index (χ2n) is 7.89. The lowest BCUT2D eigenvalue weighted by atomic mass is 10.1. The van der Waals surface area contributed by atoms with Gasteiger partial charge in [0.25, 0.3) is 0 Å². The van der Waals surface area contributed by atoms with Gasteiger partial charge in [0.2, 0.25) is 0 Å². The predicted molar refractivity (Wildman–Crippen MR) is 116 cm³/mol. The molecule has 0 bridgehead atoms. The molecule has 166 valence electrons. The molecule has 0 aliphatic rings. The first kappa shape index (κ1) is 26.9. The van der Waals surface area contributed by atoms with Crippen molar-refractivity contribution >= 4 is 11.9 Å². The summed E-state index contributed by atoms with van der Waals surface area (Å²) < 4.78 is 10.4. The standard InChI is InChI=1S/C24H46O4/c1-3-5-7-9-11-12-13-14-16-18-22-28-24(26)20-19-23(25)27-21-17-15-10-8-6-4-2/h3-22H2,1-2H3. The Bertz CT molecular complexity index is 355. The van der Waals surface area contributed by atoms with E-state index in [9.17, 15) is 9.59 Å². The number of carbonyl (C=O) groups excluding carboxylic acids is 2. The highest BCUT2D eigenvalue weighted by Crippen LogP contribution is 2.10. The highest BCUT2D eigenvalue weighted by Gasteiger charge is 2.09. The SMILES string of the molecule is CCCCCCCCCCCCOC(=O)CCC(=O)OCCCCCCCC. The average molecular weight is 399 g/mol. The van der Waals surface area contributed by atoms with E-state index in [0.717, 1.165) is 25.7 Å². The first-order chi connectivity index (χ1) is 13.7. The maximum atomic E-state index is 11.7. The second-order valence-corrected chi connectivity index (χ2v) is 7.89. The molecule has 0 heterocycles. The zero-order valence-corrected chi connectivity index (χ0v) is 18.8. The third kappa shape index (κ3) is 21.2. The van der Waals surface area contributed by atoms with Crippen molar-refractivity contribution < 1.29 is 19.1 Å². The van der Waals surface area contributed by atoms with E-state index >= 15 is 0 Å². The van der Waals surface area contributed by atoms with Crippen LogP contribution in [0, 0.1) is 0 Å².